The second-order valence-electron chi connectivity index (χ2n) is 7.21. The number of nitrogens with one attached hydrogen (secondary N) is 1. The van der Waals surface area contributed by atoms with Crippen molar-refractivity contribution in [2.75, 3.05) is 13.1 Å². The van der Waals surface area contributed by atoms with E-state index in [4.69, 9.17) is 0 Å². The summed E-state index contributed by atoms with van der Waals surface area (Å²) in [6.07, 6.45) is 0.990. The Kier molecular flexibility index (Phi) is 6.53. The summed E-state index contributed by atoms with van der Waals surface area (Å²) in [7, 11) is 0. The van der Waals surface area contributed by atoms with E-state index in [1.807, 2.05) is 39.8 Å². The Morgan fingerprint density at radius 3 is 2.35 bits per heavy atom. The predicted octanol–water partition coefficient (Wildman–Crippen LogP) is 3.75. The van der Waals surface area contributed by atoms with Gasteiger partial charge >= 0.3 is 0 Å². The lowest BCUT2D eigenvalue weighted by Gasteiger charge is -2.24. The van der Waals surface area contributed by atoms with Gasteiger partial charge in [0.1, 0.15) is 10.7 Å². The van der Waals surface area contributed by atoms with Gasteiger partial charge in [-0.25, -0.2) is 4.98 Å². The zero-order valence-corrected chi connectivity index (χ0v) is 16.9. The van der Waals surface area contributed by atoms with E-state index in [2.05, 4.69) is 29.4 Å². The van der Waals surface area contributed by atoms with Crippen LogP contribution in [0.5, 0.6) is 0 Å². The molecule has 1 heterocycles. The summed E-state index contributed by atoms with van der Waals surface area (Å²) in [6.45, 7) is 10.2. The maximum atomic E-state index is 12.7. The Morgan fingerprint density at radius 1 is 1.15 bits per heavy atom. The van der Waals surface area contributed by atoms with Crippen LogP contribution in [0.25, 0.3) is 10.6 Å². The van der Waals surface area contributed by atoms with E-state index in [-0.39, 0.29) is 23.9 Å². The van der Waals surface area contributed by atoms with Gasteiger partial charge in [0.2, 0.25) is 5.91 Å². The van der Waals surface area contributed by atoms with Gasteiger partial charge in [0.15, 0.2) is 0 Å². The Balaban J connectivity index is 2.10. The molecule has 0 radical (unpaired) electrons. The number of thiazole rings is 1. The molecular formula is C20H27N3O2S. The van der Waals surface area contributed by atoms with Gasteiger partial charge in [-0.2, -0.15) is 0 Å². The van der Waals surface area contributed by atoms with Gasteiger partial charge in [0, 0.05) is 23.0 Å². The van der Waals surface area contributed by atoms with Gasteiger partial charge in [-0.05, 0) is 39.7 Å². The van der Waals surface area contributed by atoms with Crippen molar-refractivity contribution < 1.29 is 9.59 Å². The van der Waals surface area contributed by atoms with Crippen LogP contribution >= 0.6 is 11.3 Å². The van der Waals surface area contributed by atoms with Gasteiger partial charge in [-0.15, -0.1) is 11.3 Å². The summed E-state index contributed by atoms with van der Waals surface area (Å²) in [6, 6.07) is 8.21. The standard InChI is InChI=1S/C20H27N3O2S/c1-6-14-8-10-15(11-9-14)18-21-16(13-26-18)19(25)23(7-2)12-17(24)22-20(3,4)5/h8-11,13H,6-7,12H2,1-5H3,(H,22,24). The van der Waals surface area contributed by atoms with E-state index < -0.39 is 0 Å². The fourth-order valence-electron chi connectivity index (χ4n) is 2.51. The summed E-state index contributed by atoms with van der Waals surface area (Å²) in [4.78, 5) is 30.8. The summed E-state index contributed by atoms with van der Waals surface area (Å²) in [5, 5.41) is 5.45. The molecule has 6 heteroatoms. The van der Waals surface area contributed by atoms with E-state index in [1.54, 1.807) is 5.38 Å². The predicted molar refractivity (Wildman–Crippen MR) is 106 cm³/mol. The van der Waals surface area contributed by atoms with Gasteiger partial charge in [0.05, 0.1) is 6.54 Å². The monoisotopic (exact) mass is 373 g/mol. The van der Waals surface area contributed by atoms with E-state index in [1.165, 1.54) is 21.8 Å². The smallest absolute Gasteiger partial charge is 0.273 e. The first kappa shape index (κ1) is 20.1. The number of aryl methyl sites for hydroxylation is 1. The molecule has 2 amide bonds. The first-order chi connectivity index (χ1) is 12.2. The highest BCUT2D eigenvalue weighted by atomic mass is 32.1. The Bertz CT molecular complexity index is 760. The number of amides is 2. The lowest BCUT2D eigenvalue weighted by atomic mass is 10.1. The highest BCUT2D eigenvalue weighted by molar-refractivity contribution is 7.13. The van der Waals surface area contributed by atoms with Crippen molar-refractivity contribution in [3.05, 3.63) is 40.9 Å². The zero-order valence-electron chi connectivity index (χ0n) is 16.1. The fourth-order valence-corrected chi connectivity index (χ4v) is 3.31. The quantitative estimate of drug-likeness (QED) is 0.839. The average Bonchev–Trinajstić information content (AvgIpc) is 3.07. The number of carbonyl (C=O) groups excluding carboxylic acids is 2. The third kappa shape index (κ3) is 5.39. The molecule has 0 fully saturated rings. The normalized spacial score (nSPS) is 11.3. The van der Waals surface area contributed by atoms with Crippen LogP contribution in [0.2, 0.25) is 0 Å². The van der Waals surface area contributed by atoms with Gasteiger partial charge in [0.25, 0.3) is 5.91 Å². The summed E-state index contributed by atoms with van der Waals surface area (Å²) in [5.41, 5.74) is 2.33. The van der Waals surface area contributed by atoms with Crippen molar-refractivity contribution in [3.8, 4) is 10.6 Å². The van der Waals surface area contributed by atoms with Crippen LogP contribution in [-0.2, 0) is 11.2 Å². The third-order valence-corrected chi connectivity index (χ3v) is 4.74. The molecule has 2 rings (SSSR count). The van der Waals surface area contributed by atoms with Crippen molar-refractivity contribution in [1.29, 1.82) is 0 Å². The average molecular weight is 374 g/mol. The Labute approximate surface area is 159 Å². The van der Waals surface area contributed by atoms with Crippen molar-refractivity contribution in [3.63, 3.8) is 0 Å². The van der Waals surface area contributed by atoms with E-state index >= 15 is 0 Å². The van der Waals surface area contributed by atoms with Crippen molar-refractivity contribution in [2.45, 2.75) is 46.6 Å². The molecule has 0 aliphatic rings. The number of hydrogen-bond donors (Lipinski definition) is 1. The first-order valence-electron chi connectivity index (χ1n) is 8.88. The lowest BCUT2D eigenvalue weighted by molar-refractivity contribution is -0.123. The number of aromatic nitrogens is 1. The van der Waals surface area contributed by atoms with Gasteiger partial charge < -0.3 is 10.2 Å². The van der Waals surface area contributed by atoms with Crippen LogP contribution in [0.15, 0.2) is 29.6 Å². The molecule has 26 heavy (non-hydrogen) atoms. The molecule has 0 bridgehead atoms. The van der Waals surface area contributed by atoms with Crippen molar-refractivity contribution in [1.82, 2.24) is 15.2 Å². The maximum absolute atomic E-state index is 12.7. The summed E-state index contributed by atoms with van der Waals surface area (Å²) in [5.74, 6) is -0.387. The van der Waals surface area contributed by atoms with Crippen LogP contribution in [0.1, 0.15) is 50.7 Å². The summed E-state index contributed by atoms with van der Waals surface area (Å²) >= 11 is 1.44. The molecule has 2 aromatic rings. The SMILES string of the molecule is CCc1ccc(-c2nc(C(=O)N(CC)CC(=O)NC(C)(C)C)cs2)cc1. The van der Waals surface area contributed by atoms with Crippen LogP contribution in [0, 0.1) is 0 Å². The Morgan fingerprint density at radius 2 is 1.81 bits per heavy atom. The number of rotatable bonds is 6. The largest absolute Gasteiger partial charge is 0.350 e. The fraction of sp³-hybridized carbons (Fsp3) is 0.450. The molecule has 1 aromatic carbocycles. The molecule has 0 unspecified atom stereocenters. The van der Waals surface area contributed by atoms with Crippen LogP contribution in [0.4, 0.5) is 0 Å². The van der Waals surface area contributed by atoms with Crippen LogP contribution < -0.4 is 5.32 Å². The minimum atomic E-state index is -0.321. The van der Waals surface area contributed by atoms with Crippen molar-refractivity contribution >= 4 is 23.2 Å². The molecule has 1 aromatic heterocycles. The summed E-state index contributed by atoms with van der Waals surface area (Å²) < 4.78 is 0. The molecule has 0 saturated carbocycles. The molecule has 5 nitrogen and oxygen atoms in total. The van der Waals surface area contributed by atoms with E-state index in [0.717, 1.165) is 17.0 Å². The molecule has 0 saturated heterocycles. The second-order valence-corrected chi connectivity index (χ2v) is 8.06. The van der Waals surface area contributed by atoms with Crippen LogP contribution in [-0.4, -0.2) is 40.3 Å². The minimum absolute atomic E-state index is 0.0324. The van der Waals surface area contributed by atoms with E-state index in [9.17, 15) is 9.59 Å². The third-order valence-electron chi connectivity index (χ3n) is 3.85. The van der Waals surface area contributed by atoms with Gasteiger partial charge in [-0.1, -0.05) is 31.2 Å². The number of benzene rings is 1. The molecule has 140 valence electrons. The highest BCUT2D eigenvalue weighted by Crippen LogP contribution is 2.24. The molecule has 0 spiro atoms. The molecular weight excluding hydrogens is 346 g/mol. The second kappa shape index (κ2) is 8.45. The minimum Gasteiger partial charge on any atom is -0.350 e. The highest BCUT2D eigenvalue weighted by Gasteiger charge is 2.22. The Hall–Kier alpha value is -2.21. The number of nitrogens with zero attached hydrogens (tertiary/aromatic N) is 2. The molecule has 0 aliphatic carbocycles. The van der Waals surface area contributed by atoms with Gasteiger partial charge in [-0.3, -0.25) is 9.59 Å². The molecule has 0 atom stereocenters. The lowest BCUT2D eigenvalue weighted by Crippen LogP contribution is -2.47. The number of carbonyl (C=O) groups is 2. The topological polar surface area (TPSA) is 62.3 Å². The zero-order chi connectivity index (χ0) is 19.3. The maximum Gasteiger partial charge on any atom is 0.273 e. The first-order valence-corrected chi connectivity index (χ1v) is 9.76. The van der Waals surface area contributed by atoms with E-state index in [0.29, 0.717) is 12.2 Å². The molecule has 1 N–H and O–H groups in total. The molecule has 0 aliphatic heterocycles. The van der Waals surface area contributed by atoms with Crippen LogP contribution in [0.3, 0.4) is 0 Å². The number of likely N-dealkylation sites (N-methyl/N-ethyl adjacent to an activating group) is 1. The van der Waals surface area contributed by atoms with Crippen molar-refractivity contribution in [2.24, 2.45) is 0 Å². The number of hydrogen-bond acceptors (Lipinski definition) is 4.